The summed E-state index contributed by atoms with van der Waals surface area (Å²) >= 11 is 0. The predicted octanol–water partition coefficient (Wildman–Crippen LogP) is 2.56. The van der Waals surface area contributed by atoms with Crippen LogP contribution in [-0.4, -0.2) is 25.0 Å². The minimum absolute atomic E-state index is 0.236. The van der Waals surface area contributed by atoms with Crippen LogP contribution in [0.25, 0.3) is 0 Å². The molecule has 1 heterocycles. The van der Waals surface area contributed by atoms with Gasteiger partial charge in [0.05, 0.1) is 11.3 Å². The van der Waals surface area contributed by atoms with Gasteiger partial charge in [-0.15, -0.1) is 0 Å². The SMILES string of the molecule is CN1CCNc2c(cccc2C(F)(F)F)C1. The summed E-state index contributed by atoms with van der Waals surface area (Å²) in [5.41, 5.74) is 0.370. The molecule has 2 rings (SSSR count). The predicted molar refractivity (Wildman–Crippen MR) is 56.3 cm³/mol. The molecule has 0 saturated heterocycles. The van der Waals surface area contributed by atoms with Crippen molar-refractivity contribution in [3.8, 4) is 0 Å². The molecular formula is C11H13F3N2. The summed E-state index contributed by atoms with van der Waals surface area (Å²) in [7, 11) is 1.90. The number of hydrogen-bond donors (Lipinski definition) is 1. The van der Waals surface area contributed by atoms with Gasteiger partial charge in [-0.25, -0.2) is 0 Å². The highest BCUT2D eigenvalue weighted by Gasteiger charge is 2.34. The molecule has 5 heteroatoms. The van der Waals surface area contributed by atoms with Crippen LogP contribution in [0.4, 0.5) is 18.9 Å². The Kier molecular flexibility index (Phi) is 2.80. The fourth-order valence-electron chi connectivity index (χ4n) is 1.92. The molecule has 88 valence electrons. The first-order chi connectivity index (χ1) is 7.48. The molecule has 0 fully saturated rings. The minimum Gasteiger partial charge on any atom is -0.383 e. The third-order valence-electron chi connectivity index (χ3n) is 2.69. The number of rotatable bonds is 0. The van der Waals surface area contributed by atoms with Crippen LogP contribution in [0.2, 0.25) is 0 Å². The average molecular weight is 230 g/mol. The number of halogens is 3. The summed E-state index contributed by atoms with van der Waals surface area (Å²) in [5.74, 6) is 0. The zero-order valence-electron chi connectivity index (χ0n) is 8.93. The van der Waals surface area contributed by atoms with Crippen LogP contribution in [-0.2, 0) is 12.7 Å². The fraction of sp³-hybridized carbons (Fsp3) is 0.455. The van der Waals surface area contributed by atoms with Crippen molar-refractivity contribution in [3.63, 3.8) is 0 Å². The van der Waals surface area contributed by atoms with Crippen LogP contribution in [0, 0.1) is 0 Å². The summed E-state index contributed by atoms with van der Waals surface area (Å²) in [4.78, 5) is 2.00. The topological polar surface area (TPSA) is 15.3 Å². The molecule has 1 aliphatic heterocycles. The Labute approximate surface area is 92.1 Å². The van der Waals surface area contributed by atoms with Crippen molar-refractivity contribution in [2.45, 2.75) is 12.7 Å². The van der Waals surface area contributed by atoms with Gasteiger partial charge in [0.25, 0.3) is 0 Å². The van der Waals surface area contributed by atoms with E-state index in [1.165, 1.54) is 6.07 Å². The third-order valence-corrected chi connectivity index (χ3v) is 2.69. The normalized spacial score (nSPS) is 17.5. The van der Waals surface area contributed by atoms with E-state index in [0.29, 0.717) is 18.7 Å². The lowest BCUT2D eigenvalue weighted by atomic mass is 10.1. The van der Waals surface area contributed by atoms with Gasteiger partial charge in [0.15, 0.2) is 0 Å². The highest BCUT2D eigenvalue weighted by molar-refractivity contribution is 5.59. The summed E-state index contributed by atoms with van der Waals surface area (Å²) in [6.45, 7) is 1.83. The number of benzene rings is 1. The quantitative estimate of drug-likeness (QED) is 0.736. The standard InChI is InChI=1S/C11H13F3N2/c1-16-6-5-15-10-8(7-16)3-2-4-9(10)11(12,13)14/h2-4,15H,5-7H2,1H3. The highest BCUT2D eigenvalue weighted by Crippen LogP contribution is 2.37. The van der Waals surface area contributed by atoms with E-state index in [-0.39, 0.29) is 5.69 Å². The first kappa shape index (κ1) is 11.3. The van der Waals surface area contributed by atoms with Crippen molar-refractivity contribution in [3.05, 3.63) is 29.3 Å². The minimum atomic E-state index is -4.29. The molecule has 0 atom stereocenters. The van der Waals surface area contributed by atoms with Gasteiger partial charge in [0.1, 0.15) is 0 Å². The summed E-state index contributed by atoms with van der Waals surface area (Å²) < 4.78 is 38.3. The smallest absolute Gasteiger partial charge is 0.383 e. The Morgan fingerprint density at radius 2 is 2.06 bits per heavy atom. The van der Waals surface area contributed by atoms with Crippen LogP contribution in [0.1, 0.15) is 11.1 Å². The van der Waals surface area contributed by atoms with E-state index >= 15 is 0 Å². The molecule has 0 aliphatic carbocycles. The van der Waals surface area contributed by atoms with Crippen molar-refractivity contribution < 1.29 is 13.2 Å². The number of fused-ring (bicyclic) bond motifs is 1. The van der Waals surface area contributed by atoms with Gasteiger partial charge in [0, 0.05) is 19.6 Å². The van der Waals surface area contributed by atoms with Gasteiger partial charge in [0.2, 0.25) is 0 Å². The lowest BCUT2D eigenvalue weighted by molar-refractivity contribution is -0.137. The number of nitrogens with one attached hydrogen (secondary N) is 1. The van der Waals surface area contributed by atoms with E-state index in [1.807, 2.05) is 11.9 Å². The first-order valence-electron chi connectivity index (χ1n) is 5.10. The lowest BCUT2D eigenvalue weighted by Gasteiger charge is -2.16. The van der Waals surface area contributed by atoms with E-state index in [4.69, 9.17) is 0 Å². The molecule has 0 aromatic heterocycles. The second-order valence-corrected chi connectivity index (χ2v) is 4.00. The van der Waals surface area contributed by atoms with Gasteiger partial charge in [-0.1, -0.05) is 12.1 Å². The number of alkyl halides is 3. The van der Waals surface area contributed by atoms with Gasteiger partial charge >= 0.3 is 6.18 Å². The Morgan fingerprint density at radius 1 is 1.31 bits per heavy atom. The molecule has 0 unspecified atom stereocenters. The Bertz CT molecular complexity index is 387. The van der Waals surface area contributed by atoms with Crippen LogP contribution >= 0.6 is 0 Å². The zero-order valence-corrected chi connectivity index (χ0v) is 8.93. The number of nitrogens with zero attached hydrogens (tertiary/aromatic N) is 1. The van der Waals surface area contributed by atoms with Crippen LogP contribution < -0.4 is 5.32 Å². The van der Waals surface area contributed by atoms with Gasteiger partial charge < -0.3 is 10.2 Å². The van der Waals surface area contributed by atoms with Gasteiger partial charge in [-0.2, -0.15) is 13.2 Å². The van der Waals surface area contributed by atoms with Crippen molar-refractivity contribution in [2.24, 2.45) is 0 Å². The van der Waals surface area contributed by atoms with Gasteiger partial charge in [-0.05, 0) is 18.7 Å². The van der Waals surface area contributed by atoms with Crippen molar-refractivity contribution in [1.82, 2.24) is 4.90 Å². The molecule has 1 N–H and O–H groups in total. The van der Waals surface area contributed by atoms with Crippen molar-refractivity contribution >= 4 is 5.69 Å². The van der Waals surface area contributed by atoms with Gasteiger partial charge in [-0.3, -0.25) is 0 Å². The van der Waals surface area contributed by atoms with E-state index in [1.54, 1.807) is 6.07 Å². The zero-order chi connectivity index (χ0) is 11.8. The second-order valence-electron chi connectivity index (χ2n) is 4.00. The number of hydrogen-bond acceptors (Lipinski definition) is 2. The lowest BCUT2D eigenvalue weighted by Crippen LogP contribution is -2.20. The first-order valence-corrected chi connectivity index (χ1v) is 5.10. The molecule has 0 radical (unpaired) electrons. The maximum Gasteiger partial charge on any atom is 0.418 e. The largest absolute Gasteiger partial charge is 0.418 e. The summed E-state index contributed by atoms with van der Waals surface area (Å²) in [6.07, 6.45) is -4.29. The van der Waals surface area contributed by atoms with Crippen molar-refractivity contribution in [1.29, 1.82) is 0 Å². The van der Waals surface area contributed by atoms with Crippen molar-refractivity contribution in [2.75, 3.05) is 25.5 Å². The molecule has 0 saturated carbocycles. The monoisotopic (exact) mass is 230 g/mol. The number of para-hydroxylation sites is 1. The van der Waals surface area contributed by atoms with Crippen LogP contribution in [0.5, 0.6) is 0 Å². The number of likely N-dealkylation sites (N-methyl/N-ethyl adjacent to an activating group) is 1. The third kappa shape index (κ3) is 2.14. The fourth-order valence-corrected chi connectivity index (χ4v) is 1.92. The number of anilines is 1. The maximum absolute atomic E-state index is 12.8. The molecule has 1 aromatic rings. The molecule has 0 spiro atoms. The molecule has 1 aliphatic rings. The summed E-state index contributed by atoms with van der Waals surface area (Å²) in [5, 5.41) is 2.87. The second kappa shape index (κ2) is 3.97. The van der Waals surface area contributed by atoms with Crippen LogP contribution in [0.15, 0.2) is 18.2 Å². The molecule has 16 heavy (non-hydrogen) atoms. The summed E-state index contributed by atoms with van der Waals surface area (Å²) in [6, 6.07) is 4.32. The molecular weight excluding hydrogens is 217 g/mol. The van der Waals surface area contributed by atoms with E-state index in [0.717, 1.165) is 12.6 Å². The highest BCUT2D eigenvalue weighted by atomic mass is 19.4. The van der Waals surface area contributed by atoms with E-state index in [2.05, 4.69) is 5.32 Å². The molecule has 0 amide bonds. The average Bonchev–Trinajstić information content (AvgIpc) is 2.35. The van der Waals surface area contributed by atoms with Crippen LogP contribution in [0.3, 0.4) is 0 Å². The Hall–Kier alpha value is -1.23. The Morgan fingerprint density at radius 3 is 2.75 bits per heavy atom. The van der Waals surface area contributed by atoms with E-state index in [9.17, 15) is 13.2 Å². The maximum atomic E-state index is 12.8. The van der Waals surface area contributed by atoms with E-state index < -0.39 is 11.7 Å². The Balaban J connectivity index is 2.47. The molecule has 2 nitrogen and oxygen atoms in total. The molecule has 1 aromatic carbocycles. The molecule has 0 bridgehead atoms.